The van der Waals surface area contributed by atoms with Crippen LogP contribution >= 0.6 is 11.6 Å². The smallest absolute Gasteiger partial charge is 0.257 e. The van der Waals surface area contributed by atoms with Gasteiger partial charge in [0, 0.05) is 12.6 Å². The first kappa shape index (κ1) is 13.8. The number of hydrogen-bond acceptors (Lipinski definition) is 3. The minimum absolute atomic E-state index is 0.0276. The summed E-state index contributed by atoms with van der Waals surface area (Å²) in [4.78, 5) is 11.4. The van der Waals surface area contributed by atoms with Crippen molar-refractivity contribution in [3.8, 4) is 5.75 Å². The number of nitrogens with one attached hydrogen (secondary N) is 2. The predicted octanol–water partition coefficient (Wildman–Crippen LogP) is 1.44. The maximum absolute atomic E-state index is 11.4. The van der Waals surface area contributed by atoms with E-state index in [1.165, 1.54) is 0 Å². The molecule has 0 saturated heterocycles. The van der Waals surface area contributed by atoms with Gasteiger partial charge < -0.3 is 15.4 Å². The number of halogens is 1. The molecule has 0 bridgehead atoms. The number of hydrogen-bond donors (Lipinski definition) is 2. The SMILES string of the molecule is CNC(C)CNC(=O)COc1ccccc1Cl. The molecule has 2 N–H and O–H groups in total. The van der Waals surface area contributed by atoms with Crippen LogP contribution in [0.3, 0.4) is 0 Å². The van der Waals surface area contributed by atoms with Crippen molar-refractivity contribution in [3.05, 3.63) is 29.3 Å². The average molecular weight is 257 g/mol. The largest absolute Gasteiger partial charge is 0.482 e. The van der Waals surface area contributed by atoms with Crippen LogP contribution < -0.4 is 15.4 Å². The van der Waals surface area contributed by atoms with Gasteiger partial charge in [-0.05, 0) is 26.1 Å². The highest BCUT2D eigenvalue weighted by molar-refractivity contribution is 6.32. The molecule has 1 amide bonds. The van der Waals surface area contributed by atoms with Crippen LogP contribution in [-0.4, -0.2) is 32.1 Å². The van der Waals surface area contributed by atoms with Crippen LogP contribution in [0, 0.1) is 0 Å². The number of likely N-dealkylation sites (N-methyl/N-ethyl adjacent to an activating group) is 1. The van der Waals surface area contributed by atoms with Crippen molar-refractivity contribution >= 4 is 17.5 Å². The predicted molar refractivity (Wildman–Crippen MR) is 68.5 cm³/mol. The van der Waals surface area contributed by atoms with Crippen molar-refractivity contribution in [3.63, 3.8) is 0 Å². The standard InChI is InChI=1S/C12H17ClN2O2/c1-9(14-2)7-15-12(16)8-17-11-6-4-3-5-10(11)13/h3-6,9,14H,7-8H2,1-2H3,(H,15,16). The number of carbonyl (C=O) groups is 1. The van der Waals surface area contributed by atoms with E-state index in [4.69, 9.17) is 16.3 Å². The molecule has 94 valence electrons. The van der Waals surface area contributed by atoms with Crippen molar-refractivity contribution in [2.75, 3.05) is 20.2 Å². The Labute approximate surface area is 106 Å². The quantitative estimate of drug-likeness (QED) is 0.810. The van der Waals surface area contributed by atoms with Gasteiger partial charge >= 0.3 is 0 Å². The number of carbonyl (C=O) groups excluding carboxylic acids is 1. The fraction of sp³-hybridized carbons (Fsp3) is 0.417. The number of rotatable bonds is 6. The first-order valence-corrected chi connectivity index (χ1v) is 5.82. The summed E-state index contributed by atoms with van der Waals surface area (Å²) in [6.45, 7) is 2.52. The highest BCUT2D eigenvalue weighted by atomic mass is 35.5. The van der Waals surface area contributed by atoms with Gasteiger partial charge in [-0.15, -0.1) is 0 Å². The van der Waals surface area contributed by atoms with Gasteiger partial charge in [0.05, 0.1) is 5.02 Å². The molecular weight excluding hydrogens is 240 g/mol. The maximum atomic E-state index is 11.4. The van der Waals surface area contributed by atoms with Crippen LogP contribution in [0.1, 0.15) is 6.92 Å². The Bertz CT molecular complexity index is 371. The molecule has 0 heterocycles. The highest BCUT2D eigenvalue weighted by Crippen LogP contribution is 2.22. The van der Waals surface area contributed by atoms with Gasteiger partial charge in [0.2, 0.25) is 0 Å². The second-order valence-corrected chi connectivity index (χ2v) is 4.12. The Morgan fingerprint density at radius 1 is 1.47 bits per heavy atom. The van der Waals surface area contributed by atoms with E-state index >= 15 is 0 Å². The second-order valence-electron chi connectivity index (χ2n) is 3.71. The van der Waals surface area contributed by atoms with Crippen molar-refractivity contribution in [1.29, 1.82) is 0 Å². The number of ether oxygens (including phenoxy) is 1. The van der Waals surface area contributed by atoms with E-state index in [-0.39, 0.29) is 18.6 Å². The van der Waals surface area contributed by atoms with Crippen LogP contribution in [0.25, 0.3) is 0 Å². The summed E-state index contributed by atoms with van der Waals surface area (Å²) >= 11 is 5.89. The first-order valence-electron chi connectivity index (χ1n) is 5.44. The zero-order chi connectivity index (χ0) is 12.7. The molecule has 1 aromatic rings. The third-order valence-corrected chi connectivity index (χ3v) is 2.61. The molecule has 0 radical (unpaired) electrons. The number of benzene rings is 1. The van der Waals surface area contributed by atoms with Crippen LogP contribution in [0.15, 0.2) is 24.3 Å². The Balaban J connectivity index is 2.31. The molecular formula is C12H17ClN2O2. The minimum atomic E-state index is -0.160. The average Bonchev–Trinajstić information content (AvgIpc) is 2.35. The summed E-state index contributed by atoms with van der Waals surface area (Å²) in [7, 11) is 1.84. The zero-order valence-corrected chi connectivity index (χ0v) is 10.8. The van der Waals surface area contributed by atoms with E-state index < -0.39 is 0 Å². The fourth-order valence-electron chi connectivity index (χ4n) is 1.13. The van der Waals surface area contributed by atoms with Gasteiger partial charge in [-0.25, -0.2) is 0 Å². The van der Waals surface area contributed by atoms with Crippen molar-refractivity contribution in [2.24, 2.45) is 0 Å². The van der Waals surface area contributed by atoms with Gasteiger partial charge in [0.1, 0.15) is 5.75 Å². The third-order valence-electron chi connectivity index (χ3n) is 2.29. The lowest BCUT2D eigenvalue weighted by Gasteiger charge is -2.12. The summed E-state index contributed by atoms with van der Waals surface area (Å²) in [5, 5.41) is 6.28. The summed E-state index contributed by atoms with van der Waals surface area (Å²) < 4.78 is 5.30. The van der Waals surface area contributed by atoms with Gasteiger partial charge in [0.15, 0.2) is 6.61 Å². The maximum Gasteiger partial charge on any atom is 0.257 e. The Hall–Kier alpha value is -1.26. The molecule has 0 aliphatic rings. The molecule has 5 heteroatoms. The van der Waals surface area contributed by atoms with E-state index in [0.29, 0.717) is 17.3 Å². The van der Waals surface area contributed by atoms with Gasteiger partial charge in [-0.3, -0.25) is 4.79 Å². The highest BCUT2D eigenvalue weighted by Gasteiger charge is 2.06. The van der Waals surface area contributed by atoms with E-state index in [9.17, 15) is 4.79 Å². The molecule has 0 aliphatic carbocycles. The first-order chi connectivity index (χ1) is 8.13. The monoisotopic (exact) mass is 256 g/mol. The van der Waals surface area contributed by atoms with E-state index in [1.807, 2.05) is 26.1 Å². The Kier molecular flexibility index (Phi) is 5.80. The zero-order valence-electron chi connectivity index (χ0n) is 10.00. The molecule has 1 unspecified atom stereocenters. The van der Waals surface area contributed by atoms with Gasteiger partial charge in [-0.2, -0.15) is 0 Å². The van der Waals surface area contributed by atoms with Crippen LogP contribution in [0.2, 0.25) is 5.02 Å². The van der Waals surface area contributed by atoms with E-state index in [1.54, 1.807) is 12.1 Å². The molecule has 0 saturated carbocycles. The normalized spacial score (nSPS) is 11.9. The second kappa shape index (κ2) is 7.14. The Morgan fingerprint density at radius 3 is 2.82 bits per heavy atom. The summed E-state index contributed by atoms with van der Waals surface area (Å²) in [5.41, 5.74) is 0. The lowest BCUT2D eigenvalue weighted by Crippen LogP contribution is -2.39. The molecule has 4 nitrogen and oxygen atoms in total. The molecule has 17 heavy (non-hydrogen) atoms. The van der Waals surface area contributed by atoms with Crippen molar-refractivity contribution in [2.45, 2.75) is 13.0 Å². The Morgan fingerprint density at radius 2 is 2.18 bits per heavy atom. The lowest BCUT2D eigenvalue weighted by molar-refractivity contribution is -0.123. The molecule has 1 aromatic carbocycles. The van der Waals surface area contributed by atoms with E-state index in [2.05, 4.69) is 10.6 Å². The summed E-state index contributed by atoms with van der Waals surface area (Å²) in [6.07, 6.45) is 0. The van der Waals surface area contributed by atoms with Crippen molar-refractivity contribution < 1.29 is 9.53 Å². The minimum Gasteiger partial charge on any atom is -0.482 e. The van der Waals surface area contributed by atoms with Crippen LogP contribution in [-0.2, 0) is 4.79 Å². The third kappa shape index (κ3) is 5.06. The summed E-state index contributed by atoms with van der Waals surface area (Å²) in [6, 6.07) is 7.30. The van der Waals surface area contributed by atoms with Gasteiger partial charge in [-0.1, -0.05) is 23.7 Å². The van der Waals surface area contributed by atoms with Crippen LogP contribution in [0.4, 0.5) is 0 Å². The molecule has 0 fully saturated rings. The number of para-hydroxylation sites is 1. The lowest BCUT2D eigenvalue weighted by atomic mass is 10.3. The topological polar surface area (TPSA) is 50.4 Å². The van der Waals surface area contributed by atoms with Crippen molar-refractivity contribution in [1.82, 2.24) is 10.6 Å². The summed E-state index contributed by atoms with van der Waals surface area (Å²) in [5.74, 6) is 0.359. The number of amides is 1. The van der Waals surface area contributed by atoms with Crippen LogP contribution in [0.5, 0.6) is 5.75 Å². The van der Waals surface area contributed by atoms with Gasteiger partial charge in [0.25, 0.3) is 5.91 Å². The molecule has 0 spiro atoms. The van der Waals surface area contributed by atoms with E-state index in [0.717, 1.165) is 0 Å². The molecule has 1 rings (SSSR count). The molecule has 1 atom stereocenters. The fourth-order valence-corrected chi connectivity index (χ4v) is 1.32. The molecule has 0 aromatic heterocycles. The molecule has 0 aliphatic heterocycles.